The lowest BCUT2D eigenvalue weighted by molar-refractivity contribution is -0.460. The molecule has 1 spiro atoms. The molecule has 0 bridgehead atoms. The Hall–Kier alpha value is -5.02. The molecule has 6 rings (SSSR count). The highest BCUT2D eigenvalue weighted by atomic mass is 19.4. The Balaban J connectivity index is 1.50. The van der Waals surface area contributed by atoms with Gasteiger partial charge in [0.1, 0.15) is 11.5 Å². The van der Waals surface area contributed by atoms with Crippen molar-refractivity contribution in [3.05, 3.63) is 127 Å². The van der Waals surface area contributed by atoms with Gasteiger partial charge in [0.15, 0.2) is 0 Å². The summed E-state index contributed by atoms with van der Waals surface area (Å²) in [6, 6.07) is 8.57. The largest absolute Gasteiger partial charge is 0.460 e. The van der Waals surface area contributed by atoms with Crippen molar-refractivity contribution in [2.45, 2.75) is 80.6 Å². The van der Waals surface area contributed by atoms with Gasteiger partial charge in [-0.05, 0) is 82.3 Å². The second-order valence-corrected chi connectivity index (χ2v) is 13.8. The van der Waals surface area contributed by atoms with E-state index in [4.69, 9.17) is 9.47 Å². The van der Waals surface area contributed by atoms with Crippen molar-refractivity contribution < 1.29 is 45.7 Å². The summed E-state index contributed by atoms with van der Waals surface area (Å²) in [5.74, 6) is -0.672. The number of allylic oxidation sites excluding steroid dienone is 4. The summed E-state index contributed by atoms with van der Waals surface area (Å²) < 4.78 is 98.6. The van der Waals surface area contributed by atoms with Gasteiger partial charge in [-0.2, -0.15) is 26.3 Å². The smallest absolute Gasteiger partial charge is 0.450 e. The minimum atomic E-state index is -5.28. The zero-order chi connectivity index (χ0) is 36.0. The van der Waals surface area contributed by atoms with Crippen LogP contribution in [0.15, 0.2) is 84.5 Å². The molecule has 0 aromatic heterocycles. The number of benzene rings is 2. The number of rotatable bonds is 6. The maximum Gasteiger partial charge on any atom is 0.460 e. The van der Waals surface area contributed by atoms with E-state index in [-0.39, 0.29) is 11.5 Å². The normalized spacial score (nSPS) is 27.7. The van der Waals surface area contributed by atoms with Crippen LogP contribution in [-0.2, 0) is 16.2 Å². The maximum absolute atomic E-state index is 14.6. The summed E-state index contributed by atoms with van der Waals surface area (Å²) in [6.45, 7) is 7.71. The summed E-state index contributed by atoms with van der Waals surface area (Å²) in [5.41, 5.74) is -9.23. The molecule has 10 nitrogen and oxygen atoms in total. The first-order valence-electron chi connectivity index (χ1n) is 15.0. The Labute approximate surface area is 275 Å². The molecule has 0 saturated carbocycles. The van der Waals surface area contributed by atoms with Crippen molar-refractivity contribution in [1.82, 2.24) is 10.6 Å². The quantitative estimate of drug-likeness (QED) is 0.185. The van der Waals surface area contributed by atoms with Gasteiger partial charge in [0, 0.05) is 30.0 Å². The molecule has 2 N–H and O–H groups in total. The van der Waals surface area contributed by atoms with Crippen LogP contribution >= 0.6 is 0 Å². The average molecular weight is 693 g/mol. The van der Waals surface area contributed by atoms with Crippen LogP contribution in [-0.4, -0.2) is 33.6 Å². The molecule has 2 heterocycles. The first-order chi connectivity index (χ1) is 22.6. The van der Waals surface area contributed by atoms with Gasteiger partial charge >= 0.3 is 35.2 Å². The Bertz CT molecular complexity index is 1760. The first-order valence-corrected chi connectivity index (χ1v) is 15.0. The predicted octanol–water partition coefficient (Wildman–Crippen LogP) is 7.17. The lowest BCUT2D eigenvalue weighted by Crippen LogP contribution is -2.62. The number of nitro groups is 2. The zero-order valence-electron chi connectivity index (χ0n) is 26.5. The van der Waals surface area contributed by atoms with Crippen molar-refractivity contribution >= 4 is 0 Å². The van der Waals surface area contributed by atoms with Crippen LogP contribution in [0.2, 0.25) is 0 Å². The second-order valence-electron chi connectivity index (χ2n) is 13.8. The van der Waals surface area contributed by atoms with Gasteiger partial charge in [-0.15, -0.1) is 0 Å². The Morgan fingerprint density at radius 2 is 1.02 bits per heavy atom. The number of hydrogen-bond acceptors (Lipinski definition) is 8. The number of alkyl halides is 6. The molecule has 2 aromatic carbocycles. The number of fused-ring (bicyclic) bond motifs is 4. The summed E-state index contributed by atoms with van der Waals surface area (Å²) >= 11 is 0. The predicted molar refractivity (Wildman–Crippen MR) is 162 cm³/mol. The molecule has 2 aromatic rings. The lowest BCUT2D eigenvalue weighted by Gasteiger charge is -2.35. The monoisotopic (exact) mass is 692 g/mol. The van der Waals surface area contributed by atoms with Gasteiger partial charge in [-0.3, -0.25) is 20.2 Å². The van der Waals surface area contributed by atoms with Crippen molar-refractivity contribution in [2.75, 3.05) is 0 Å². The molecule has 2 aliphatic heterocycles. The summed E-state index contributed by atoms with van der Waals surface area (Å²) in [7, 11) is 0. The van der Waals surface area contributed by atoms with E-state index < -0.39 is 61.3 Å². The van der Waals surface area contributed by atoms with E-state index in [9.17, 15) is 46.6 Å². The van der Waals surface area contributed by atoms with Crippen LogP contribution in [0.5, 0.6) is 11.5 Å². The van der Waals surface area contributed by atoms with E-state index in [1.807, 2.05) is 38.3 Å². The molecule has 2 aliphatic carbocycles. The summed E-state index contributed by atoms with van der Waals surface area (Å²) in [5, 5.41) is 27.5. The fraction of sp³-hybridized carbons (Fsp3) is 0.394. The van der Waals surface area contributed by atoms with E-state index in [0.29, 0.717) is 36.1 Å². The van der Waals surface area contributed by atoms with E-state index in [1.165, 1.54) is 24.3 Å². The molecule has 0 amide bonds. The van der Waals surface area contributed by atoms with Gasteiger partial charge in [-0.1, -0.05) is 39.8 Å². The Morgan fingerprint density at radius 1 is 0.653 bits per heavy atom. The number of hydrogen-bond donors (Lipinski definition) is 2. The maximum atomic E-state index is 14.6. The number of dihydropyridines is 2. The summed E-state index contributed by atoms with van der Waals surface area (Å²) in [6.07, 6.45) is -4.52. The highest BCUT2D eigenvalue weighted by Crippen LogP contribution is 2.64. The van der Waals surface area contributed by atoms with Crippen LogP contribution in [0.4, 0.5) is 26.3 Å². The van der Waals surface area contributed by atoms with Crippen molar-refractivity contribution in [3.63, 3.8) is 0 Å². The van der Waals surface area contributed by atoms with E-state index >= 15 is 0 Å². The van der Waals surface area contributed by atoms with Crippen molar-refractivity contribution in [2.24, 2.45) is 0 Å². The standard InChI is InChI=1S/C33H30F6N4O6/c1-27(2)17-29(23-15-19(9-11-21(23)27)48-30(32(34,35)36)25(42(44)45)7-5-13-40-30)18-28(3,4)22-12-10-20(16-24(22)29)49-31(33(37,38)39)26(43(46)47)8-6-14-41-31/h5-16,40-41H,17-18H2,1-4H3. The fourth-order valence-electron chi connectivity index (χ4n) is 7.89. The number of nitrogens with zero attached hydrogens (tertiary/aromatic N) is 2. The molecule has 2 atom stereocenters. The average Bonchev–Trinajstić information content (AvgIpc) is 3.35. The third-order valence-electron chi connectivity index (χ3n) is 9.69. The van der Waals surface area contributed by atoms with Crippen LogP contribution in [0, 0.1) is 20.2 Å². The fourth-order valence-corrected chi connectivity index (χ4v) is 7.89. The highest BCUT2D eigenvalue weighted by molar-refractivity contribution is 5.62. The van der Waals surface area contributed by atoms with Crippen molar-refractivity contribution in [1.29, 1.82) is 0 Å². The molecule has 260 valence electrons. The second kappa shape index (κ2) is 10.5. The van der Waals surface area contributed by atoms with Gasteiger partial charge in [0.2, 0.25) is 0 Å². The van der Waals surface area contributed by atoms with Crippen LogP contribution in [0.25, 0.3) is 0 Å². The highest BCUT2D eigenvalue weighted by Gasteiger charge is 2.68. The van der Waals surface area contributed by atoms with Crippen LogP contribution < -0.4 is 20.1 Å². The topological polar surface area (TPSA) is 129 Å². The van der Waals surface area contributed by atoms with Crippen LogP contribution in [0.1, 0.15) is 62.8 Å². The number of halogens is 6. The molecular formula is C33H30F6N4O6. The molecule has 4 aliphatic rings. The molecule has 16 heteroatoms. The minimum Gasteiger partial charge on any atom is -0.450 e. The van der Waals surface area contributed by atoms with Gasteiger partial charge in [-0.25, -0.2) is 0 Å². The molecule has 0 radical (unpaired) electrons. The Kier molecular flexibility index (Phi) is 7.25. The van der Waals surface area contributed by atoms with Crippen LogP contribution in [0.3, 0.4) is 0 Å². The molecule has 49 heavy (non-hydrogen) atoms. The van der Waals surface area contributed by atoms with E-state index in [0.717, 1.165) is 35.7 Å². The first kappa shape index (κ1) is 33.9. The third kappa shape index (κ3) is 4.93. The zero-order valence-corrected chi connectivity index (χ0v) is 26.5. The number of nitrogens with one attached hydrogen (secondary N) is 2. The minimum absolute atomic E-state index is 0.336. The van der Waals surface area contributed by atoms with Gasteiger partial charge in [0.25, 0.3) is 0 Å². The van der Waals surface area contributed by atoms with Gasteiger partial charge < -0.3 is 20.1 Å². The Morgan fingerprint density at radius 3 is 1.35 bits per heavy atom. The molecular weight excluding hydrogens is 662 g/mol. The van der Waals surface area contributed by atoms with Crippen molar-refractivity contribution in [3.8, 4) is 11.5 Å². The van der Waals surface area contributed by atoms with E-state index in [1.54, 1.807) is 12.1 Å². The van der Waals surface area contributed by atoms with Gasteiger partial charge in [0.05, 0.1) is 9.85 Å². The molecule has 0 fully saturated rings. The number of ether oxygens (including phenoxy) is 2. The third-order valence-corrected chi connectivity index (χ3v) is 9.69. The lowest BCUT2D eigenvalue weighted by atomic mass is 9.72. The molecule has 2 unspecified atom stereocenters. The molecule has 0 saturated heterocycles. The van der Waals surface area contributed by atoms with E-state index in [2.05, 4.69) is 0 Å². The summed E-state index contributed by atoms with van der Waals surface area (Å²) in [4.78, 5) is 21.2. The SMILES string of the molecule is CC1(C)CC2(CC(C)(C)c3ccc(OC4(C(F)(F)F)NC=CC=C4[N+](=O)[O-])cc32)c2cc(OC3(C(F)(F)F)NC=CC=C3[N+](=O)[O-])ccc21.